The molecule has 0 atom stereocenters. The van der Waals surface area contributed by atoms with E-state index in [1.807, 2.05) is 24.3 Å². The van der Waals surface area contributed by atoms with Crippen LogP contribution in [0.3, 0.4) is 0 Å². The van der Waals surface area contributed by atoms with Gasteiger partial charge in [-0.05, 0) is 59.0 Å². The van der Waals surface area contributed by atoms with E-state index in [-0.39, 0.29) is 5.75 Å². The van der Waals surface area contributed by atoms with Gasteiger partial charge < -0.3 is 14.7 Å². The Morgan fingerprint density at radius 1 is 1.17 bits per heavy atom. The van der Waals surface area contributed by atoms with Gasteiger partial charge in [-0.25, -0.2) is 0 Å². The number of nitrogens with zero attached hydrogens (tertiary/aromatic N) is 2. The lowest BCUT2D eigenvalue weighted by molar-refractivity contribution is 0.122. The normalized spacial score (nSPS) is 15.3. The molecule has 1 saturated heterocycles. The Bertz CT molecular complexity index is 713. The lowest BCUT2D eigenvalue weighted by Crippen LogP contribution is -2.36. The predicted octanol–water partition coefficient (Wildman–Crippen LogP) is 4.35. The van der Waals surface area contributed by atoms with Crippen LogP contribution in [0.25, 0.3) is 0 Å². The number of aliphatic imine (C=N–C) groups is 1. The van der Waals surface area contributed by atoms with Crippen LogP contribution in [-0.4, -0.2) is 37.6 Å². The zero-order valence-corrected chi connectivity index (χ0v) is 16.1. The first kappa shape index (κ1) is 16.7. The van der Waals surface area contributed by atoms with Gasteiger partial charge in [-0.2, -0.15) is 0 Å². The van der Waals surface area contributed by atoms with Crippen molar-refractivity contribution in [3.05, 3.63) is 50.0 Å². The summed E-state index contributed by atoms with van der Waals surface area (Å²) in [5, 5.41) is 10.1. The van der Waals surface area contributed by atoms with Gasteiger partial charge in [0.2, 0.25) is 0 Å². The van der Waals surface area contributed by atoms with Crippen LogP contribution in [0.1, 0.15) is 5.56 Å². The van der Waals surface area contributed by atoms with E-state index in [4.69, 9.17) is 4.74 Å². The number of anilines is 1. The second-order valence-electron chi connectivity index (χ2n) is 5.20. The molecule has 0 spiro atoms. The van der Waals surface area contributed by atoms with Gasteiger partial charge in [0.1, 0.15) is 5.75 Å². The monoisotopic (exact) mass is 486 g/mol. The average Bonchev–Trinajstić information content (AvgIpc) is 2.58. The number of benzene rings is 2. The van der Waals surface area contributed by atoms with E-state index in [0.29, 0.717) is 5.56 Å². The Labute approximate surface area is 157 Å². The smallest absolute Gasteiger partial charge is 0.137 e. The fourth-order valence-corrected chi connectivity index (χ4v) is 3.95. The third-order valence-electron chi connectivity index (χ3n) is 3.64. The van der Waals surface area contributed by atoms with Gasteiger partial charge >= 0.3 is 0 Å². The molecule has 120 valence electrons. The molecule has 23 heavy (non-hydrogen) atoms. The van der Waals surface area contributed by atoms with Crippen LogP contribution in [0.4, 0.5) is 11.4 Å². The molecule has 0 bridgehead atoms. The van der Waals surface area contributed by atoms with E-state index >= 15 is 0 Å². The number of halogens is 2. The highest BCUT2D eigenvalue weighted by Gasteiger charge is 2.10. The summed E-state index contributed by atoms with van der Waals surface area (Å²) in [5.74, 6) is 0.252. The molecule has 0 saturated carbocycles. The number of phenols is 1. The maximum Gasteiger partial charge on any atom is 0.137 e. The Balaban J connectivity index is 1.75. The molecule has 0 aliphatic carbocycles. The van der Waals surface area contributed by atoms with Crippen LogP contribution in [0.2, 0.25) is 0 Å². The van der Waals surface area contributed by atoms with Crippen molar-refractivity contribution < 1.29 is 9.84 Å². The third-order valence-corrected chi connectivity index (χ3v) is 4.92. The Morgan fingerprint density at radius 2 is 1.87 bits per heavy atom. The van der Waals surface area contributed by atoms with Crippen LogP contribution < -0.4 is 4.90 Å². The summed E-state index contributed by atoms with van der Waals surface area (Å²) in [4.78, 5) is 6.76. The molecule has 1 heterocycles. The van der Waals surface area contributed by atoms with E-state index in [0.717, 1.165) is 40.0 Å². The van der Waals surface area contributed by atoms with Crippen LogP contribution in [-0.2, 0) is 4.74 Å². The molecule has 1 N–H and O–H groups in total. The fraction of sp³-hybridized carbons (Fsp3) is 0.235. The summed E-state index contributed by atoms with van der Waals surface area (Å²) in [7, 11) is 0. The Hall–Kier alpha value is -1.12. The van der Waals surface area contributed by atoms with Crippen LogP contribution in [0.5, 0.6) is 5.75 Å². The number of phenolic OH excluding ortho intramolecular Hbond substituents is 1. The second-order valence-corrected chi connectivity index (χ2v) is 7.28. The summed E-state index contributed by atoms with van der Waals surface area (Å²) in [6.07, 6.45) is 1.69. The van der Waals surface area contributed by atoms with Gasteiger partial charge in [0.15, 0.2) is 0 Å². The minimum Gasteiger partial charge on any atom is -0.506 e. The maximum atomic E-state index is 10.1. The van der Waals surface area contributed by atoms with Crippen LogP contribution >= 0.6 is 38.5 Å². The van der Waals surface area contributed by atoms with Crippen molar-refractivity contribution in [1.82, 2.24) is 0 Å². The third kappa shape index (κ3) is 4.24. The molecule has 1 fully saturated rings. The average molecular weight is 487 g/mol. The van der Waals surface area contributed by atoms with E-state index < -0.39 is 0 Å². The summed E-state index contributed by atoms with van der Waals surface area (Å²) < 4.78 is 7.08. The molecule has 0 unspecified atom stereocenters. The summed E-state index contributed by atoms with van der Waals surface area (Å²) in [5.41, 5.74) is 2.74. The minimum absolute atomic E-state index is 0.252. The molecule has 3 rings (SSSR count). The summed E-state index contributed by atoms with van der Waals surface area (Å²) in [6, 6.07) is 11.8. The number of ether oxygens (including phenoxy) is 1. The number of aromatic hydroxyl groups is 1. The van der Waals surface area contributed by atoms with Crippen molar-refractivity contribution in [1.29, 1.82) is 0 Å². The maximum absolute atomic E-state index is 10.1. The predicted molar refractivity (Wildman–Crippen MR) is 105 cm³/mol. The van der Waals surface area contributed by atoms with Gasteiger partial charge in [-0.3, -0.25) is 4.99 Å². The highest BCUT2D eigenvalue weighted by Crippen LogP contribution is 2.28. The summed E-state index contributed by atoms with van der Waals surface area (Å²) >= 11 is 5.54. The molecule has 2 aromatic carbocycles. The highest BCUT2D eigenvalue weighted by atomic mass is 127. The first-order valence-corrected chi connectivity index (χ1v) is 9.15. The first-order chi connectivity index (χ1) is 11.1. The zero-order chi connectivity index (χ0) is 16.2. The van der Waals surface area contributed by atoms with Gasteiger partial charge in [-0.1, -0.05) is 15.9 Å². The number of hydrogen-bond donors (Lipinski definition) is 1. The van der Waals surface area contributed by atoms with Crippen molar-refractivity contribution in [2.24, 2.45) is 4.99 Å². The first-order valence-electron chi connectivity index (χ1n) is 7.28. The quantitative estimate of drug-likeness (QED) is 0.518. The molecule has 0 radical (unpaired) electrons. The van der Waals surface area contributed by atoms with E-state index in [9.17, 15) is 5.11 Å². The molecule has 4 nitrogen and oxygen atoms in total. The molecular formula is C17H16BrIN2O2. The largest absolute Gasteiger partial charge is 0.506 e. The lowest BCUT2D eigenvalue weighted by atomic mass is 10.2. The van der Waals surface area contributed by atoms with Gasteiger partial charge in [-0.15, -0.1) is 0 Å². The highest BCUT2D eigenvalue weighted by molar-refractivity contribution is 14.1. The van der Waals surface area contributed by atoms with E-state index in [1.165, 1.54) is 5.69 Å². The standard InChI is InChI=1S/C17H16BrIN2O2/c18-13-9-12(17(22)16(19)10-13)11-20-14-1-3-15(4-2-14)21-5-7-23-8-6-21/h1-4,9-11,22H,5-8H2. The fourth-order valence-electron chi connectivity index (χ4n) is 2.40. The molecule has 6 heteroatoms. The summed E-state index contributed by atoms with van der Waals surface area (Å²) in [6.45, 7) is 3.40. The second kappa shape index (κ2) is 7.63. The van der Waals surface area contributed by atoms with E-state index in [1.54, 1.807) is 6.21 Å². The van der Waals surface area contributed by atoms with Crippen LogP contribution in [0.15, 0.2) is 45.9 Å². The molecule has 0 aromatic heterocycles. The Kier molecular flexibility index (Phi) is 5.55. The van der Waals surface area contributed by atoms with Gasteiger partial charge in [0.05, 0.1) is 22.5 Å². The zero-order valence-electron chi connectivity index (χ0n) is 12.4. The minimum atomic E-state index is 0.252. The van der Waals surface area contributed by atoms with Crippen molar-refractivity contribution in [3.63, 3.8) is 0 Å². The Morgan fingerprint density at radius 3 is 2.57 bits per heavy atom. The molecule has 1 aliphatic heterocycles. The molecular weight excluding hydrogens is 471 g/mol. The van der Waals surface area contributed by atoms with Crippen molar-refractivity contribution in [2.75, 3.05) is 31.2 Å². The molecule has 0 amide bonds. The SMILES string of the molecule is Oc1c(I)cc(Br)cc1C=Nc1ccc(N2CCOCC2)cc1. The topological polar surface area (TPSA) is 45.1 Å². The van der Waals surface area contributed by atoms with Gasteiger partial charge in [0, 0.05) is 35.0 Å². The number of rotatable bonds is 3. The van der Waals surface area contributed by atoms with Crippen molar-refractivity contribution in [3.8, 4) is 5.75 Å². The van der Waals surface area contributed by atoms with Crippen molar-refractivity contribution in [2.45, 2.75) is 0 Å². The van der Waals surface area contributed by atoms with Crippen molar-refractivity contribution >= 4 is 56.1 Å². The molecule has 2 aromatic rings. The van der Waals surface area contributed by atoms with Crippen LogP contribution in [0, 0.1) is 3.57 Å². The molecule has 1 aliphatic rings. The van der Waals surface area contributed by atoms with E-state index in [2.05, 4.69) is 60.5 Å². The lowest BCUT2D eigenvalue weighted by Gasteiger charge is -2.28. The van der Waals surface area contributed by atoms with Gasteiger partial charge in [0.25, 0.3) is 0 Å². The number of morpholine rings is 1. The number of hydrogen-bond acceptors (Lipinski definition) is 4.